The zero-order valence-electron chi connectivity index (χ0n) is 40.3. The van der Waals surface area contributed by atoms with E-state index in [0.29, 0.717) is 55.5 Å². The number of nitrogens with zero attached hydrogens (tertiary/aromatic N) is 10. The number of aromatic nitrogens is 8. The van der Waals surface area contributed by atoms with Crippen LogP contribution in [-0.4, -0.2) is 126 Å². The van der Waals surface area contributed by atoms with E-state index < -0.39 is 20.0 Å². The summed E-state index contributed by atoms with van der Waals surface area (Å²) in [6, 6.07) is 11.4. The Balaban J connectivity index is 0.000000200. The fourth-order valence-corrected chi connectivity index (χ4v) is 11.5. The van der Waals surface area contributed by atoms with Crippen molar-refractivity contribution in [3.05, 3.63) is 47.5 Å². The van der Waals surface area contributed by atoms with Gasteiger partial charge in [0.1, 0.15) is 0 Å². The zero-order chi connectivity index (χ0) is 47.7. The van der Waals surface area contributed by atoms with Gasteiger partial charge in [-0.3, -0.25) is 0 Å². The number of benzene rings is 2. The molecule has 20 heteroatoms. The topological polar surface area (TPSA) is 212 Å². The Morgan fingerprint density at radius 2 is 1.04 bits per heavy atom. The van der Waals surface area contributed by atoms with Crippen molar-refractivity contribution in [2.24, 2.45) is 11.8 Å². The Hall–Kier alpha value is -4.37. The van der Waals surface area contributed by atoms with Gasteiger partial charge in [0.25, 0.3) is 0 Å². The summed E-state index contributed by atoms with van der Waals surface area (Å²) in [6.45, 7) is 11.3. The van der Waals surface area contributed by atoms with E-state index in [1.807, 2.05) is 26.0 Å². The lowest BCUT2D eigenvalue weighted by Crippen LogP contribution is -2.40. The number of sulfonamides is 2. The minimum atomic E-state index is -3.60. The highest BCUT2D eigenvalue weighted by Gasteiger charge is 2.29. The second kappa shape index (κ2) is 22.8. The summed E-state index contributed by atoms with van der Waals surface area (Å²) in [4.78, 5) is 20.2. The average molecular weight is 965 g/mol. The van der Waals surface area contributed by atoms with Crippen molar-refractivity contribution in [1.29, 1.82) is 0 Å². The van der Waals surface area contributed by atoms with Crippen LogP contribution in [0.25, 0.3) is 22.8 Å². The van der Waals surface area contributed by atoms with Gasteiger partial charge in [0, 0.05) is 43.3 Å². The van der Waals surface area contributed by atoms with Crippen molar-refractivity contribution in [2.75, 3.05) is 40.3 Å². The smallest absolute Gasteiger partial charge is 0.410 e. The quantitative estimate of drug-likeness (QED) is 0.131. The van der Waals surface area contributed by atoms with Crippen LogP contribution >= 0.6 is 0 Å². The number of likely N-dealkylation sites (tertiary alicyclic amines) is 2. The third-order valence-electron chi connectivity index (χ3n) is 14.1. The number of rotatable bonds is 14. The average Bonchev–Trinajstić information content (AvgIpc) is 4.04. The molecule has 2 aliphatic carbocycles. The first-order chi connectivity index (χ1) is 32.1. The van der Waals surface area contributed by atoms with Crippen molar-refractivity contribution >= 4 is 26.1 Å². The summed E-state index contributed by atoms with van der Waals surface area (Å²) in [7, 11) is -4.30. The monoisotopic (exact) mass is 965 g/mol. The summed E-state index contributed by atoms with van der Waals surface area (Å²) in [5, 5.41) is 26.8. The Bertz CT molecular complexity index is 2470. The highest BCUT2D eigenvalue weighted by Crippen LogP contribution is 2.34. The number of amides is 1. The number of piperidine rings is 2. The third kappa shape index (κ3) is 13.0. The minimum Gasteiger partial charge on any atom is -0.447 e. The Morgan fingerprint density at radius 1 is 0.627 bits per heavy atom. The molecule has 67 heavy (non-hydrogen) atoms. The maximum Gasteiger partial charge on any atom is 0.410 e. The molecule has 18 nitrogen and oxygen atoms in total. The van der Waals surface area contributed by atoms with Gasteiger partial charge in [-0.2, -0.15) is 9.59 Å². The number of tetrazole rings is 2. The molecule has 4 fully saturated rings. The fourth-order valence-electron chi connectivity index (χ4n) is 10.0. The Morgan fingerprint density at radius 3 is 1.43 bits per heavy atom. The zero-order valence-corrected chi connectivity index (χ0v) is 41.9. The summed E-state index contributed by atoms with van der Waals surface area (Å²) >= 11 is 0. The van der Waals surface area contributed by atoms with Gasteiger partial charge in [0.15, 0.2) is 0 Å². The predicted octanol–water partition coefficient (Wildman–Crippen LogP) is 6.97. The van der Waals surface area contributed by atoms with Crippen LogP contribution in [0.5, 0.6) is 0 Å². The van der Waals surface area contributed by atoms with Crippen LogP contribution in [0.15, 0.2) is 46.2 Å². The van der Waals surface area contributed by atoms with Crippen LogP contribution in [0, 0.1) is 11.8 Å². The molecule has 8 rings (SSSR count). The maximum absolute atomic E-state index is 12.5. The SMILES string of the molecule is CNS(=O)(=O)c1ccc(CC2CCCCC2)c(-c2nnn(C3CCN(C(=O)OC(C)C)CC3)n2)c1.CNS(=O)(=O)c1ccc(CC2CCCCC2)c(-c2nnn(C3CCN(C(C)C)CC3)n2)c1. The second-order valence-corrected chi connectivity index (χ2v) is 23.1. The first-order valence-electron chi connectivity index (χ1n) is 24.6. The lowest BCUT2D eigenvalue weighted by Gasteiger charge is -2.33. The van der Waals surface area contributed by atoms with E-state index in [1.54, 1.807) is 38.8 Å². The molecule has 2 aromatic heterocycles. The molecule has 0 unspecified atom stereocenters. The molecule has 4 aliphatic rings. The third-order valence-corrected chi connectivity index (χ3v) is 16.9. The van der Waals surface area contributed by atoms with Gasteiger partial charge in [-0.15, -0.1) is 20.4 Å². The summed E-state index contributed by atoms with van der Waals surface area (Å²) in [6.07, 6.45) is 17.2. The molecule has 1 amide bonds. The minimum absolute atomic E-state index is 0.0189. The number of nitrogens with one attached hydrogen (secondary N) is 2. The number of carbonyl (C=O) groups excluding carboxylic acids is 1. The van der Waals surface area contributed by atoms with Crippen molar-refractivity contribution < 1.29 is 26.4 Å². The van der Waals surface area contributed by atoms with Crippen LogP contribution in [0.1, 0.15) is 141 Å². The van der Waals surface area contributed by atoms with Gasteiger partial charge in [-0.05, 0) is 138 Å². The number of hydrogen-bond acceptors (Lipinski definition) is 13. The van der Waals surface area contributed by atoms with E-state index in [2.05, 4.69) is 53.9 Å². The van der Waals surface area contributed by atoms with Crippen LogP contribution in [-0.2, 0) is 37.6 Å². The van der Waals surface area contributed by atoms with E-state index in [4.69, 9.17) is 9.84 Å². The Kier molecular flexibility index (Phi) is 17.2. The predicted molar refractivity (Wildman–Crippen MR) is 256 cm³/mol. The molecule has 2 N–H and O–H groups in total. The van der Waals surface area contributed by atoms with Crippen molar-refractivity contribution in [1.82, 2.24) is 59.7 Å². The Labute approximate surface area is 397 Å². The largest absolute Gasteiger partial charge is 0.447 e. The van der Waals surface area contributed by atoms with Crippen LogP contribution in [0.2, 0.25) is 0 Å². The van der Waals surface area contributed by atoms with Gasteiger partial charge in [0.05, 0.1) is 28.0 Å². The van der Waals surface area contributed by atoms with Crippen molar-refractivity contribution in [3.8, 4) is 22.8 Å². The molecule has 4 heterocycles. The molecule has 368 valence electrons. The molecular formula is C47H72N12O6S2. The highest BCUT2D eigenvalue weighted by atomic mass is 32.2. The van der Waals surface area contributed by atoms with E-state index in [0.717, 1.165) is 61.0 Å². The molecule has 2 saturated heterocycles. The summed E-state index contributed by atoms with van der Waals surface area (Å²) in [5.74, 6) is 2.17. The summed E-state index contributed by atoms with van der Waals surface area (Å²) in [5.41, 5.74) is 3.67. The van der Waals surface area contributed by atoms with E-state index in [-0.39, 0.29) is 34.1 Å². The molecule has 0 radical (unpaired) electrons. The van der Waals surface area contributed by atoms with Gasteiger partial charge in [-0.25, -0.2) is 31.1 Å². The molecule has 2 saturated carbocycles. The van der Waals surface area contributed by atoms with E-state index in [1.165, 1.54) is 78.3 Å². The lowest BCUT2D eigenvalue weighted by atomic mass is 9.84. The normalized spacial score (nSPS) is 18.9. The van der Waals surface area contributed by atoms with Crippen LogP contribution < -0.4 is 9.44 Å². The van der Waals surface area contributed by atoms with E-state index in [9.17, 15) is 21.6 Å². The first-order valence-corrected chi connectivity index (χ1v) is 27.5. The van der Waals surface area contributed by atoms with Gasteiger partial charge in [0.2, 0.25) is 31.7 Å². The summed E-state index contributed by atoms with van der Waals surface area (Å²) < 4.78 is 59.9. The molecule has 2 aromatic carbocycles. The molecule has 0 atom stereocenters. The number of hydrogen-bond donors (Lipinski definition) is 2. The second-order valence-electron chi connectivity index (χ2n) is 19.3. The molecule has 4 aromatic rings. The maximum atomic E-state index is 12.5. The van der Waals surface area contributed by atoms with Gasteiger partial charge in [-0.1, -0.05) is 76.3 Å². The molecule has 2 aliphatic heterocycles. The molecule has 0 bridgehead atoms. The molecule has 0 spiro atoms. The number of ether oxygens (including phenoxy) is 1. The molecular weight excluding hydrogens is 893 g/mol. The standard InChI is InChI=1S/C24H36N6O4S.C23H36N6O2S/c1-17(2)34-24(31)29-13-11-20(12-14-29)30-27-23(26-28-30)22-16-21(35(32,33)25-3)10-9-19(22)15-18-7-5-4-6-8-18;1-17(2)28-13-11-20(12-14-28)29-26-23(25-27-29)22-16-21(32(30,31)24-3)10-9-19(22)15-18-7-5-4-6-8-18/h9-10,16-18,20,25H,4-8,11-15H2,1-3H3;9-10,16-18,20,24H,4-8,11-15H2,1-3H3. The highest BCUT2D eigenvalue weighted by molar-refractivity contribution is 7.89. The van der Waals surface area contributed by atoms with Gasteiger partial charge < -0.3 is 14.5 Å². The number of carbonyl (C=O) groups is 1. The van der Waals surface area contributed by atoms with Crippen LogP contribution in [0.4, 0.5) is 4.79 Å². The lowest BCUT2D eigenvalue weighted by molar-refractivity contribution is 0.0642. The van der Waals surface area contributed by atoms with Gasteiger partial charge >= 0.3 is 6.09 Å². The fraction of sp³-hybridized carbons (Fsp3) is 0.681. The van der Waals surface area contributed by atoms with Crippen molar-refractivity contribution in [2.45, 2.75) is 164 Å². The van der Waals surface area contributed by atoms with E-state index >= 15 is 0 Å². The van der Waals surface area contributed by atoms with Crippen molar-refractivity contribution in [3.63, 3.8) is 0 Å². The first kappa shape index (κ1) is 50.5. The van der Waals surface area contributed by atoms with Crippen LogP contribution in [0.3, 0.4) is 0 Å².